The molecule has 0 spiro atoms. The van der Waals surface area contributed by atoms with Crippen LogP contribution in [0.4, 0.5) is 0 Å². The number of hydrogen-bond acceptors (Lipinski definition) is 4. The molecule has 1 aliphatic heterocycles. The zero-order valence-electron chi connectivity index (χ0n) is 9.41. The Kier molecular flexibility index (Phi) is 2.44. The maximum atomic E-state index is 11.6. The molecular formula is C11H12N4OS. The van der Waals surface area contributed by atoms with E-state index in [4.69, 9.17) is 0 Å². The van der Waals surface area contributed by atoms with Crippen molar-refractivity contribution >= 4 is 17.2 Å². The Labute approximate surface area is 103 Å². The van der Waals surface area contributed by atoms with Crippen LogP contribution in [0.25, 0.3) is 10.8 Å². The lowest BCUT2D eigenvalue weighted by Gasteiger charge is -2.13. The van der Waals surface area contributed by atoms with Crippen molar-refractivity contribution in [1.82, 2.24) is 19.4 Å². The van der Waals surface area contributed by atoms with Crippen molar-refractivity contribution in [2.75, 3.05) is 13.6 Å². The van der Waals surface area contributed by atoms with Gasteiger partial charge in [-0.3, -0.25) is 4.79 Å². The first-order valence-electron chi connectivity index (χ1n) is 5.42. The predicted molar refractivity (Wildman–Crippen MR) is 64.6 cm³/mol. The van der Waals surface area contributed by atoms with E-state index < -0.39 is 0 Å². The maximum Gasteiger partial charge on any atom is 0.224 e. The van der Waals surface area contributed by atoms with E-state index in [9.17, 15) is 4.79 Å². The Morgan fingerprint density at radius 3 is 2.94 bits per heavy atom. The van der Waals surface area contributed by atoms with Gasteiger partial charge < -0.3 is 9.47 Å². The molecular weight excluding hydrogens is 236 g/mol. The predicted octanol–water partition coefficient (Wildman–Crippen LogP) is 1.41. The highest BCUT2D eigenvalue weighted by molar-refractivity contribution is 7.13. The molecule has 0 bridgehead atoms. The molecule has 1 amide bonds. The SMILES string of the molecule is CN1CC(n2ccnc2-c2nccs2)CC1=O. The number of nitrogens with zero attached hydrogens (tertiary/aromatic N) is 4. The molecule has 3 rings (SSSR count). The fourth-order valence-electron chi connectivity index (χ4n) is 2.13. The summed E-state index contributed by atoms with van der Waals surface area (Å²) < 4.78 is 2.06. The molecule has 1 unspecified atom stereocenters. The van der Waals surface area contributed by atoms with Gasteiger partial charge in [0.1, 0.15) is 0 Å². The topological polar surface area (TPSA) is 51.0 Å². The molecule has 2 aromatic rings. The summed E-state index contributed by atoms with van der Waals surface area (Å²) in [6.07, 6.45) is 6.00. The van der Waals surface area contributed by atoms with Crippen LogP contribution in [-0.4, -0.2) is 38.9 Å². The Morgan fingerprint density at radius 1 is 1.41 bits per heavy atom. The van der Waals surface area contributed by atoms with Crippen LogP contribution in [0.1, 0.15) is 12.5 Å². The van der Waals surface area contributed by atoms with Crippen LogP contribution < -0.4 is 0 Å². The second-order valence-electron chi connectivity index (χ2n) is 4.13. The molecule has 0 N–H and O–H groups in total. The van der Waals surface area contributed by atoms with Gasteiger partial charge in [-0.2, -0.15) is 0 Å². The smallest absolute Gasteiger partial charge is 0.224 e. The van der Waals surface area contributed by atoms with Gasteiger partial charge in [-0.15, -0.1) is 11.3 Å². The zero-order valence-corrected chi connectivity index (χ0v) is 10.2. The van der Waals surface area contributed by atoms with Crippen LogP contribution in [-0.2, 0) is 4.79 Å². The molecule has 0 saturated carbocycles. The molecule has 1 fully saturated rings. The number of likely N-dealkylation sites (tertiary alicyclic amines) is 1. The summed E-state index contributed by atoms with van der Waals surface area (Å²) in [5, 5.41) is 2.83. The second kappa shape index (κ2) is 3.96. The number of imidazole rings is 1. The molecule has 1 aliphatic rings. The minimum atomic E-state index is 0.175. The van der Waals surface area contributed by atoms with Crippen LogP contribution in [0, 0.1) is 0 Å². The summed E-state index contributed by atoms with van der Waals surface area (Å²) in [7, 11) is 1.84. The van der Waals surface area contributed by atoms with Crippen molar-refractivity contribution < 1.29 is 4.79 Å². The normalized spacial score (nSPS) is 20.2. The van der Waals surface area contributed by atoms with Gasteiger partial charge in [0.25, 0.3) is 0 Å². The first kappa shape index (κ1) is 10.5. The summed E-state index contributed by atoms with van der Waals surface area (Å²) in [5.74, 6) is 1.04. The fourth-order valence-corrected chi connectivity index (χ4v) is 2.77. The second-order valence-corrected chi connectivity index (χ2v) is 5.02. The van der Waals surface area contributed by atoms with Crippen LogP contribution in [0.3, 0.4) is 0 Å². The number of likely N-dealkylation sites (N-methyl/N-ethyl adjacent to an activating group) is 1. The van der Waals surface area contributed by atoms with E-state index in [0.717, 1.165) is 17.4 Å². The van der Waals surface area contributed by atoms with Crippen molar-refractivity contribution in [2.24, 2.45) is 0 Å². The van der Waals surface area contributed by atoms with Gasteiger partial charge in [0.2, 0.25) is 5.91 Å². The molecule has 17 heavy (non-hydrogen) atoms. The standard InChI is InChI=1S/C11H12N4OS/c1-14-7-8(6-9(14)16)15-4-2-12-10(15)11-13-3-5-17-11/h2-5,8H,6-7H2,1H3. The summed E-state index contributed by atoms with van der Waals surface area (Å²) >= 11 is 1.56. The van der Waals surface area contributed by atoms with Crippen LogP contribution in [0.2, 0.25) is 0 Å². The molecule has 5 nitrogen and oxygen atoms in total. The van der Waals surface area contributed by atoms with E-state index in [1.54, 1.807) is 28.6 Å². The lowest BCUT2D eigenvalue weighted by atomic mass is 10.2. The largest absolute Gasteiger partial charge is 0.344 e. The number of thiazole rings is 1. The fraction of sp³-hybridized carbons (Fsp3) is 0.364. The van der Waals surface area contributed by atoms with E-state index in [1.807, 2.05) is 18.6 Å². The van der Waals surface area contributed by atoms with E-state index in [0.29, 0.717) is 6.42 Å². The van der Waals surface area contributed by atoms with E-state index >= 15 is 0 Å². The summed E-state index contributed by atoms with van der Waals surface area (Å²) in [4.78, 5) is 21.9. The number of hydrogen-bond donors (Lipinski definition) is 0. The van der Waals surface area contributed by atoms with E-state index in [1.165, 1.54) is 0 Å². The van der Waals surface area contributed by atoms with Gasteiger partial charge in [0.15, 0.2) is 10.8 Å². The summed E-state index contributed by atoms with van der Waals surface area (Å²) in [5.41, 5.74) is 0. The Bertz CT molecular complexity index is 533. The quantitative estimate of drug-likeness (QED) is 0.807. The van der Waals surface area contributed by atoms with Crippen molar-refractivity contribution in [3.8, 4) is 10.8 Å². The third-order valence-electron chi connectivity index (χ3n) is 3.01. The molecule has 0 radical (unpaired) electrons. The van der Waals surface area contributed by atoms with Gasteiger partial charge in [0.05, 0.1) is 6.04 Å². The minimum Gasteiger partial charge on any atom is -0.344 e. The average Bonchev–Trinajstić information content (AvgIpc) is 3.00. The molecule has 0 aliphatic carbocycles. The lowest BCUT2D eigenvalue weighted by molar-refractivity contribution is -0.126. The van der Waals surface area contributed by atoms with Crippen molar-refractivity contribution in [2.45, 2.75) is 12.5 Å². The summed E-state index contributed by atoms with van der Waals surface area (Å²) in [6.45, 7) is 0.744. The van der Waals surface area contributed by atoms with Crippen LogP contribution in [0.5, 0.6) is 0 Å². The Balaban J connectivity index is 1.95. The number of carbonyl (C=O) groups is 1. The van der Waals surface area contributed by atoms with E-state index in [2.05, 4.69) is 14.5 Å². The first-order valence-corrected chi connectivity index (χ1v) is 6.30. The minimum absolute atomic E-state index is 0.175. The van der Waals surface area contributed by atoms with Crippen LogP contribution in [0.15, 0.2) is 24.0 Å². The molecule has 6 heteroatoms. The highest BCUT2D eigenvalue weighted by Crippen LogP contribution is 2.28. The third-order valence-corrected chi connectivity index (χ3v) is 3.78. The van der Waals surface area contributed by atoms with Gasteiger partial charge in [-0.1, -0.05) is 0 Å². The highest BCUT2D eigenvalue weighted by Gasteiger charge is 2.29. The molecule has 1 atom stereocenters. The maximum absolute atomic E-state index is 11.6. The monoisotopic (exact) mass is 248 g/mol. The Hall–Kier alpha value is -1.69. The number of aromatic nitrogens is 3. The van der Waals surface area contributed by atoms with Gasteiger partial charge >= 0.3 is 0 Å². The number of amides is 1. The van der Waals surface area contributed by atoms with Crippen molar-refractivity contribution in [1.29, 1.82) is 0 Å². The molecule has 88 valence electrons. The molecule has 1 saturated heterocycles. The van der Waals surface area contributed by atoms with Crippen molar-refractivity contribution in [3.05, 3.63) is 24.0 Å². The molecule has 3 heterocycles. The zero-order chi connectivity index (χ0) is 11.8. The third kappa shape index (κ3) is 1.74. The van der Waals surface area contributed by atoms with Gasteiger partial charge in [-0.25, -0.2) is 9.97 Å². The number of carbonyl (C=O) groups excluding carboxylic acids is 1. The van der Waals surface area contributed by atoms with Gasteiger partial charge in [-0.05, 0) is 0 Å². The average molecular weight is 248 g/mol. The first-order chi connectivity index (χ1) is 8.25. The number of rotatable bonds is 2. The van der Waals surface area contributed by atoms with Crippen molar-refractivity contribution in [3.63, 3.8) is 0 Å². The van der Waals surface area contributed by atoms with Gasteiger partial charge in [0, 0.05) is 44.0 Å². The summed E-state index contributed by atoms with van der Waals surface area (Å²) in [6, 6.07) is 0.175. The van der Waals surface area contributed by atoms with E-state index in [-0.39, 0.29) is 11.9 Å². The highest BCUT2D eigenvalue weighted by atomic mass is 32.1. The van der Waals surface area contributed by atoms with Crippen LogP contribution >= 0.6 is 11.3 Å². The molecule has 0 aromatic carbocycles. The Morgan fingerprint density at radius 2 is 2.29 bits per heavy atom. The molecule has 2 aromatic heterocycles. The lowest BCUT2D eigenvalue weighted by Crippen LogP contribution is -2.19.